The largest absolute Gasteiger partial charge is 0.381 e. The summed E-state index contributed by atoms with van der Waals surface area (Å²) in [5.41, 5.74) is 0.667. The van der Waals surface area contributed by atoms with Crippen molar-refractivity contribution in [2.45, 2.75) is 25.8 Å². The van der Waals surface area contributed by atoms with E-state index < -0.39 is 0 Å². The van der Waals surface area contributed by atoms with Crippen molar-refractivity contribution in [2.75, 3.05) is 25.0 Å². The molecule has 0 aliphatic carbocycles. The molecule has 1 N–H and O–H groups in total. The summed E-state index contributed by atoms with van der Waals surface area (Å²) in [5.74, 6) is 0. The van der Waals surface area contributed by atoms with Crippen molar-refractivity contribution in [2.24, 2.45) is 7.05 Å². The molecular formula is C12H19BrN4O. The average molecular weight is 315 g/mol. The van der Waals surface area contributed by atoms with Crippen LogP contribution in [0.1, 0.15) is 19.8 Å². The van der Waals surface area contributed by atoms with Crippen LogP contribution in [0.25, 0.3) is 0 Å². The predicted octanol–water partition coefficient (Wildman–Crippen LogP) is 1.44. The first-order valence-corrected chi connectivity index (χ1v) is 7.12. The molecule has 1 aromatic heterocycles. The van der Waals surface area contributed by atoms with Crippen molar-refractivity contribution < 1.29 is 0 Å². The van der Waals surface area contributed by atoms with Gasteiger partial charge in [0.15, 0.2) is 0 Å². The van der Waals surface area contributed by atoms with Crippen LogP contribution >= 0.6 is 15.9 Å². The number of hydrogen-bond acceptors (Lipinski definition) is 4. The molecule has 0 bridgehead atoms. The molecule has 1 aromatic rings. The Morgan fingerprint density at radius 3 is 3.11 bits per heavy atom. The van der Waals surface area contributed by atoms with Crippen molar-refractivity contribution in [1.82, 2.24) is 14.7 Å². The van der Waals surface area contributed by atoms with Crippen molar-refractivity contribution in [3.8, 4) is 0 Å². The van der Waals surface area contributed by atoms with Gasteiger partial charge in [0.2, 0.25) is 0 Å². The van der Waals surface area contributed by atoms with E-state index in [0.29, 0.717) is 10.5 Å². The van der Waals surface area contributed by atoms with Gasteiger partial charge in [-0.1, -0.05) is 6.92 Å². The second kappa shape index (κ2) is 5.84. The molecule has 100 valence electrons. The molecule has 2 rings (SSSR count). The lowest BCUT2D eigenvalue weighted by Crippen LogP contribution is -2.35. The number of hydrogen-bond donors (Lipinski definition) is 1. The third kappa shape index (κ3) is 2.75. The van der Waals surface area contributed by atoms with Gasteiger partial charge in [-0.05, 0) is 41.9 Å². The first kappa shape index (κ1) is 13.5. The van der Waals surface area contributed by atoms with Crippen LogP contribution in [-0.4, -0.2) is 40.4 Å². The van der Waals surface area contributed by atoms with Gasteiger partial charge >= 0.3 is 0 Å². The molecule has 0 saturated carbocycles. The van der Waals surface area contributed by atoms with Crippen LogP contribution in [0.2, 0.25) is 0 Å². The zero-order valence-electron chi connectivity index (χ0n) is 10.8. The van der Waals surface area contributed by atoms with Gasteiger partial charge in [-0.15, -0.1) is 0 Å². The molecule has 6 heteroatoms. The Bertz CT molecular complexity index is 474. The number of aromatic nitrogens is 2. The summed E-state index contributed by atoms with van der Waals surface area (Å²) in [6, 6.07) is 0.561. The molecular weight excluding hydrogens is 296 g/mol. The summed E-state index contributed by atoms with van der Waals surface area (Å²) in [4.78, 5) is 14.2. The number of anilines is 1. The zero-order chi connectivity index (χ0) is 13.1. The zero-order valence-corrected chi connectivity index (χ0v) is 12.4. The van der Waals surface area contributed by atoms with E-state index in [1.807, 2.05) is 0 Å². The van der Waals surface area contributed by atoms with E-state index in [1.54, 1.807) is 13.2 Å². The minimum absolute atomic E-state index is 0.112. The fraction of sp³-hybridized carbons (Fsp3) is 0.667. The fourth-order valence-electron chi connectivity index (χ4n) is 2.40. The van der Waals surface area contributed by atoms with E-state index in [9.17, 15) is 4.79 Å². The lowest BCUT2D eigenvalue weighted by Gasteiger charge is -2.23. The summed E-state index contributed by atoms with van der Waals surface area (Å²) in [7, 11) is 1.65. The third-order valence-corrected chi connectivity index (χ3v) is 4.28. The fourth-order valence-corrected chi connectivity index (χ4v) is 2.90. The number of aryl methyl sites for hydroxylation is 1. The van der Waals surface area contributed by atoms with Gasteiger partial charge < -0.3 is 5.32 Å². The second-order valence-corrected chi connectivity index (χ2v) is 5.40. The molecule has 0 radical (unpaired) electrons. The Morgan fingerprint density at radius 1 is 1.61 bits per heavy atom. The minimum Gasteiger partial charge on any atom is -0.381 e. The molecule has 1 unspecified atom stereocenters. The summed E-state index contributed by atoms with van der Waals surface area (Å²) in [6.07, 6.45) is 4.17. The molecule has 1 aliphatic rings. The SMILES string of the molecule is CCN1CCCC1CNc1cnn(C)c(=O)c1Br. The van der Waals surface area contributed by atoms with Crippen LogP contribution in [0, 0.1) is 0 Å². The Kier molecular flexibility index (Phi) is 4.40. The Morgan fingerprint density at radius 2 is 2.39 bits per heavy atom. The number of nitrogens with zero attached hydrogens (tertiary/aromatic N) is 3. The smallest absolute Gasteiger partial charge is 0.282 e. The molecule has 1 saturated heterocycles. The Labute approximate surface area is 115 Å². The van der Waals surface area contributed by atoms with Crippen molar-refractivity contribution >= 4 is 21.6 Å². The molecule has 0 aromatic carbocycles. The van der Waals surface area contributed by atoms with Gasteiger partial charge in [-0.2, -0.15) is 5.10 Å². The monoisotopic (exact) mass is 314 g/mol. The van der Waals surface area contributed by atoms with Gasteiger partial charge in [-0.25, -0.2) is 4.68 Å². The average Bonchev–Trinajstić information content (AvgIpc) is 2.82. The summed E-state index contributed by atoms with van der Waals surface area (Å²) in [5, 5.41) is 7.34. The van der Waals surface area contributed by atoms with Gasteiger partial charge in [-0.3, -0.25) is 9.69 Å². The molecule has 1 fully saturated rings. The third-order valence-electron chi connectivity index (χ3n) is 3.51. The molecule has 0 spiro atoms. The van der Waals surface area contributed by atoms with Crippen LogP contribution in [0.3, 0.4) is 0 Å². The van der Waals surface area contributed by atoms with E-state index >= 15 is 0 Å². The molecule has 18 heavy (non-hydrogen) atoms. The second-order valence-electron chi connectivity index (χ2n) is 4.61. The first-order valence-electron chi connectivity index (χ1n) is 6.33. The lowest BCUT2D eigenvalue weighted by molar-refractivity contribution is 0.277. The summed E-state index contributed by atoms with van der Waals surface area (Å²) >= 11 is 3.32. The molecule has 0 amide bonds. The lowest BCUT2D eigenvalue weighted by atomic mass is 10.2. The predicted molar refractivity (Wildman–Crippen MR) is 75.9 cm³/mol. The maximum absolute atomic E-state index is 11.7. The summed E-state index contributed by atoms with van der Waals surface area (Å²) in [6.45, 7) is 5.32. The highest BCUT2D eigenvalue weighted by atomic mass is 79.9. The van der Waals surface area contributed by atoms with Crippen LogP contribution in [0.5, 0.6) is 0 Å². The highest BCUT2D eigenvalue weighted by Gasteiger charge is 2.22. The maximum atomic E-state index is 11.7. The van der Waals surface area contributed by atoms with Crippen LogP contribution < -0.4 is 10.9 Å². The standard InChI is InChI=1S/C12H19BrN4O/c1-3-17-6-4-5-9(17)7-14-10-8-15-16(2)12(18)11(10)13/h8-9,14H,3-7H2,1-2H3. The van der Waals surface area contributed by atoms with Crippen LogP contribution in [-0.2, 0) is 7.05 Å². The molecule has 2 heterocycles. The Balaban J connectivity index is 2.02. The molecule has 1 atom stereocenters. The first-order chi connectivity index (χ1) is 8.63. The Hall–Kier alpha value is -0.880. The number of halogens is 1. The van der Waals surface area contributed by atoms with Gasteiger partial charge in [0.1, 0.15) is 4.47 Å². The number of nitrogens with one attached hydrogen (secondary N) is 1. The van der Waals surface area contributed by atoms with Crippen molar-refractivity contribution in [3.63, 3.8) is 0 Å². The van der Waals surface area contributed by atoms with Gasteiger partial charge in [0.25, 0.3) is 5.56 Å². The van der Waals surface area contributed by atoms with E-state index in [0.717, 1.165) is 18.8 Å². The number of likely N-dealkylation sites (N-methyl/N-ethyl adjacent to an activating group) is 1. The summed E-state index contributed by atoms with van der Waals surface area (Å²) < 4.78 is 1.88. The quantitative estimate of drug-likeness (QED) is 0.913. The van der Waals surface area contributed by atoms with Crippen molar-refractivity contribution in [3.05, 3.63) is 21.0 Å². The van der Waals surface area contributed by atoms with Crippen LogP contribution in [0.15, 0.2) is 15.5 Å². The van der Waals surface area contributed by atoms with E-state index in [1.165, 1.54) is 24.1 Å². The minimum atomic E-state index is -0.112. The normalized spacial score (nSPS) is 20.3. The van der Waals surface area contributed by atoms with Gasteiger partial charge in [0, 0.05) is 19.6 Å². The number of likely N-dealkylation sites (tertiary alicyclic amines) is 1. The maximum Gasteiger partial charge on any atom is 0.282 e. The van der Waals surface area contributed by atoms with Gasteiger partial charge in [0.05, 0.1) is 11.9 Å². The molecule has 5 nitrogen and oxygen atoms in total. The van der Waals surface area contributed by atoms with Crippen LogP contribution in [0.4, 0.5) is 5.69 Å². The highest BCUT2D eigenvalue weighted by Crippen LogP contribution is 2.20. The van der Waals surface area contributed by atoms with Crippen molar-refractivity contribution in [1.29, 1.82) is 0 Å². The topological polar surface area (TPSA) is 50.2 Å². The van der Waals surface area contributed by atoms with E-state index in [4.69, 9.17) is 0 Å². The highest BCUT2D eigenvalue weighted by molar-refractivity contribution is 9.10. The van der Waals surface area contributed by atoms with E-state index in [-0.39, 0.29) is 5.56 Å². The van der Waals surface area contributed by atoms with E-state index in [2.05, 4.69) is 38.2 Å². The molecule has 1 aliphatic heterocycles. The number of rotatable bonds is 4.